The second-order valence-corrected chi connectivity index (χ2v) is 5.63. The fraction of sp³-hybridized carbons (Fsp3) is 0.0667. The lowest BCUT2D eigenvalue weighted by Gasteiger charge is -2.10. The molecule has 7 nitrogen and oxygen atoms in total. The first-order valence-corrected chi connectivity index (χ1v) is 7.91. The number of hydrogen-bond acceptors (Lipinski definition) is 4. The molecule has 23 heavy (non-hydrogen) atoms. The number of aromatic nitrogens is 2. The Morgan fingerprint density at radius 2 is 2.09 bits per heavy atom. The van der Waals surface area contributed by atoms with Gasteiger partial charge >= 0.3 is 0 Å². The average molecular weight is 330 g/mol. The Morgan fingerprint density at radius 3 is 2.91 bits per heavy atom. The monoisotopic (exact) mass is 330 g/mol. The van der Waals surface area contributed by atoms with Crippen LogP contribution in [-0.4, -0.2) is 18.7 Å². The van der Waals surface area contributed by atoms with E-state index in [4.69, 9.17) is 4.55 Å². The van der Waals surface area contributed by atoms with Gasteiger partial charge in [0, 0.05) is 29.9 Å². The Balaban J connectivity index is 1.89. The van der Waals surface area contributed by atoms with Crippen LogP contribution in [0.2, 0.25) is 0 Å². The van der Waals surface area contributed by atoms with Crippen molar-refractivity contribution in [1.29, 1.82) is 0 Å². The summed E-state index contributed by atoms with van der Waals surface area (Å²) in [4.78, 5) is 18.2. The summed E-state index contributed by atoms with van der Waals surface area (Å²) < 4.78 is 21.9. The molecule has 2 heterocycles. The van der Waals surface area contributed by atoms with Gasteiger partial charge in [0.25, 0.3) is 0 Å². The number of nitrogens with zero attached hydrogens (tertiary/aromatic N) is 1. The highest BCUT2D eigenvalue weighted by atomic mass is 32.2. The van der Waals surface area contributed by atoms with E-state index < -0.39 is 11.3 Å². The van der Waals surface area contributed by atoms with E-state index in [1.54, 1.807) is 12.3 Å². The number of rotatable bonds is 5. The third kappa shape index (κ3) is 3.81. The van der Waals surface area contributed by atoms with Crippen LogP contribution in [-0.2, 0) is 17.8 Å². The molecular formula is C15H14N4O3S. The first-order valence-electron chi connectivity index (χ1n) is 6.80. The zero-order valence-electron chi connectivity index (χ0n) is 11.9. The number of hydrogen-bond donors (Lipinski definition) is 4. The van der Waals surface area contributed by atoms with Crippen molar-refractivity contribution in [3.8, 4) is 0 Å². The summed E-state index contributed by atoms with van der Waals surface area (Å²) in [6.07, 6.45) is 1.61. The number of aromatic amines is 1. The summed E-state index contributed by atoms with van der Waals surface area (Å²) in [5.41, 5.74) is 2.81. The van der Waals surface area contributed by atoms with Gasteiger partial charge in [0.2, 0.25) is 16.8 Å². The average Bonchev–Trinajstić information content (AvgIpc) is 2.53. The fourth-order valence-electron chi connectivity index (χ4n) is 2.23. The van der Waals surface area contributed by atoms with Crippen LogP contribution in [0.4, 0.5) is 11.4 Å². The molecule has 0 amide bonds. The zero-order chi connectivity index (χ0) is 16.2. The highest BCUT2D eigenvalue weighted by Gasteiger charge is 2.04. The smallest absolute Gasteiger partial charge is 0.249 e. The van der Waals surface area contributed by atoms with E-state index in [-0.39, 0.29) is 12.1 Å². The third-order valence-electron chi connectivity index (χ3n) is 3.24. The highest BCUT2D eigenvalue weighted by Crippen LogP contribution is 2.23. The van der Waals surface area contributed by atoms with Crippen LogP contribution < -0.4 is 15.6 Å². The van der Waals surface area contributed by atoms with Crippen LogP contribution >= 0.6 is 0 Å². The van der Waals surface area contributed by atoms with E-state index >= 15 is 0 Å². The molecule has 0 bridgehead atoms. The van der Waals surface area contributed by atoms with Gasteiger partial charge < -0.3 is 10.3 Å². The summed E-state index contributed by atoms with van der Waals surface area (Å²) in [6.45, 7) is 0.281. The normalized spacial score (nSPS) is 12.2. The molecule has 4 N–H and O–H groups in total. The topological polar surface area (TPSA) is 107 Å². The van der Waals surface area contributed by atoms with E-state index in [0.717, 1.165) is 22.3 Å². The van der Waals surface area contributed by atoms with E-state index in [1.807, 2.05) is 30.3 Å². The maximum Gasteiger partial charge on any atom is 0.249 e. The van der Waals surface area contributed by atoms with E-state index in [2.05, 4.69) is 20.0 Å². The lowest BCUT2D eigenvalue weighted by atomic mass is 10.2. The molecular weight excluding hydrogens is 316 g/mol. The molecule has 0 spiro atoms. The second-order valence-electron chi connectivity index (χ2n) is 4.84. The summed E-state index contributed by atoms with van der Waals surface area (Å²) >= 11 is -2.04. The molecule has 1 atom stereocenters. The van der Waals surface area contributed by atoms with Crippen molar-refractivity contribution in [2.75, 3.05) is 5.32 Å². The number of pyridine rings is 2. The summed E-state index contributed by atoms with van der Waals surface area (Å²) in [7, 11) is 0. The van der Waals surface area contributed by atoms with Crippen molar-refractivity contribution in [3.05, 3.63) is 64.6 Å². The van der Waals surface area contributed by atoms with Gasteiger partial charge in [-0.1, -0.05) is 12.1 Å². The Bertz CT molecular complexity index is 926. The van der Waals surface area contributed by atoms with Gasteiger partial charge in [0.1, 0.15) is 5.65 Å². The molecule has 0 fully saturated rings. The molecule has 118 valence electrons. The van der Waals surface area contributed by atoms with Crippen LogP contribution in [0.15, 0.2) is 53.5 Å². The van der Waals surface area contributed by atoms with Gasteiger partial charge in [0.05, 0.1) is 5.69 Å². The molecule has 0 aliphatic rings. The number of benzene rings is 1. The van der Waals surface area contributed by atoms with Crippen LogP contribution in [0.25, 0.3) is 11.0 Å². The number of H-pyrrole nitrogens is 1. The third-order valence-corrected chi connectivity index (χ3v) is 3.63. The predicted octanol–water partition coefficient (Wildman–Crippen LogP) is 1.89. The van der Waals surface area contributed by atoms with Gasteiger partial charge in [-0.05, 0) is 29.8 Å². The standard InChI is InChI=1S/C15H14N4O3S/c20-14-5-4-12-13(6-7-16-15(12)19-14)18-11-3-1-2-10(8-11)9-17-23(21)22/h1-8,17H,9H2,(H,21,22)(H2,16,18,19,20). The van der Waals surface area contributed by atoms with Crippen LogP contribution in [0.3, 0.4) is 0 Å². The largest absolute Gasteiger partial charge is 0.355 e. The quantitative estimate of drug-likeness (QED) is 0.535. The zero-order valence-corrected chi connectivity index (χ0v) is 12.8. The molecule has 0 aliphatic carbocycles. The molecule has 0 saturated heterocycles. The van der Waals surface area contributed by atoms with Crippen LogP contribution in [0.1, 0.15) is 5.56 Å². The molecule has 0 aliphatic heterocycles. The molecule has 1 unspecified atom stereocenters. The van der Waals surface area contributed by atoms with Crippen molar-refractivity contribution in [2.45, 2.75) is 6.54 Å². The Morgan fingerprint density at radius 1 is 1.22 bits per heavy atom. The van der Waals surface area contributed by atoms with Crippen molar-refractivity contribution in [2.24, 2.45) is 0 Å². The van der Waals surface area contributed by atoms with Gasteiger partial charge in [0.15, 0.2) is 0 Å². The van der Waals surface area contributed by atoms with E-state index in [0.29, 0.717) is 5.65 Å². The summed E-state index contributed by atoms with van der Waals surface area (Å²) in [6, 6.07) is 12.4. The van der Waals surface area contributed by atoms with Crippen molar-refractivity contribution in [3.63, 3.8) is 0 Å². The molecule has 2 aromatic heterocycles. The van der Waals surface area contributed by atoms with Gasteiger partial charge in [-0.25, -0.2) is 13.9 Å². The first kappa shape index (κ1) is 15.3. The molecule has 8 heteroatoms. The molecule has 3 rings (SSSR count). The molecule has 0 saturated carbocycles. The first-order chi connectivity index (χ1) is 11.1. The Hall–Kier alpha value is -2.55. The van der Waals surface area contributed by atoms with Gasteiger partial charge in [-0.15, -0.1) is 0 Å². The predicted molar refractivity (Wildman–Crippen MR) is 89.7 cm³/mol. The minimum atomic E-state index is -2.04. The van der Waals surface area contributed by atoms with Gasteiger partial charge in [-0.3, -0.25) is 9.35 Å². The van der Waals surface area contributed by atoms with Crippen LogP contribution in [0.5, 0.6) is 0 Å². The van der Waals surface area contributed by atoms with Crippen molar-refractivity contribution in [1.82, 2.24) is 14.7 Å². The molecule has 1 aromatic carbocycles. The Kier molecular flexibility index (Phi) is 4.47. The lowest BCUT2D eigenvalue weighted by Crippen LogP contribution is -2.15. The fourth-order valence-corrected chi connectivity index (χ4v) is 2.52. The minimum absolute atomic E-state index is 0.202. The highest BCUT2D eigenvalue weighted by molar-refractivity contribution is 7.77. The minimum Gasteiger partial charge on any atom is -0.355 e. The number of anilines is 2. The number of fused-ring (bicyclic) bond motifs is 1. The second kappa shape index (κ2) is 6.69. The van der Waals surface area contributed by atoms with Gasteiger partial charge in [-0.2, -0.15) is 0 Å². The molecule has 0 radical (unpaired) electrons. The number of nitrogens with one attached hydrogen (secondary N) is 3. The van der Waals surface area contributed by atoms with E-state index in [1.165, 1.54) is 6.07 Å². The maximum absolute atomic E-state index is 11.4. The molecule has 3 aromatic rings. The van der Waals surface area contributed by atoms with Crippen LogP contribution in [0, 0.1) is 0 Å². The lowest BCUT2D eigenvalue weighted by molar-refractivity contribution is 0.548. The SMILES string of the molecule is O=c1ccc2c(Nc3cccc(CNS(=O)O)c3)ccnc2[nH]1. The Labute approximate surface area is 134 Å². The van der Waals surface area contributed by atoms with E-state index in [9.17, 15) is 9.00 Å². The summed E-state index contributed by atoms with van der Waals surface area (Å²) in [5.74, 6) is 0. The summed E-state index contributed by atoms with van der Waals surface area (Å²) in [5, 5.41) is 4.06. The van der Waals surface area contributed by atoms with Crippen molar-refractivity contribution >= 4 is 33.7 Å². The van der Waals surface area contributed by atoms with Crippen molar-refractivity contribution < 1.29 is 8.76 Å². The maximum atomic E-state index is 11.4.